The average Bonchev–Trinajstić information content (AvgIpc) is 2.97. The van der Waals surface area contributed by atoms with Crippen molar-refractivity contribution in [2.75, 3.05) is 26.3 Å². The Morgan fingerprint density at radius 1 is 1.46 bits per heavy atom. The van der Waals surface area contributed by atoms with Crippen LogP contribution in [-0.4, -0.2) is 48.2 Å². The van der Waals surface area contributed by atoms with Crippen LogP contribution in [0.15, 0.2) is 24.3 Å². The Hall–Kier alpha value is -1.59. The van der Waals surface area contributed by atoms with E-state index in [4.69, 9.17) is 16.3 Å². The minimum absolute atomic E-state index is 0.00931. The molecule has 0 bridgehead atoms. The van der Waals surface area contributed by atoms with E-state index < -0.39 is 11.4 Å². The lowest BCUT2D eigenvalue weighted by atomic mass is 9.74. The summed E-state index contributed by atoms with van der Waals surface area (Å²) in [6.07, 6.45) is 1.02. The van der Waals surface area contributed by atoms with Crippen LogP contribution in [0.2, 0.25) is 5.02 Å². The summed E-state index contributed by atoms with van der Waals surface area (Å²) >= 11 is 6.18. The van der Waals surface area contributed by atoms with Gasteiger partial charge in [0, 0.05) is 36.6 Å². The normalized spacial score (nSPS) is 27.6. The molecule has 0 aromatic heterocycles. The van der Waals surface area contributed by atoms with Crippen LogP contribution >= 0.6 is 11.6 Å². The predicted octanol–water partition coefficient (Wildman–Crippen LogP) is 2.47. The Balaban J connectivity index is 1.71. The first-order chi connectivity index (χ1) is 11.4. The molecule has 0 spiro atoms. The summed E-state index contributed by atoms with van der Waals surface area (Å²) in [5, 5.41) is 10.4. The number of benzene rings is 1. The molecule has 1 unspecified atom stereocenters. The second-order valence-corrected chi connectivity index (χ2v) is 7.31. The number of carboxylic acids is 1. The monoisotopic (exact) mass is 351 g/mol. The molecule has 130 valence electrons. The molecule has 3 rings (SSSR count). The molecule has 2 aliphatic rings. The molecule has 0 aliphatic carbocycles. The number of aliphatic carboxylic acids is 1. The Morgan fingerprint density at radius 3 is 2.88 bits per heavy atom. The molecule has 3 atom stereocenters. The van der Waals surface area contributed by atoms with Crippen LogP contribution in [0.5, 0.6) is 0 Å². The highest BCUT2D eigenvalue weighted by Gasteiger charge is 2.55. The minimum Gasteiger partial charge on any atom is -0.481 e. The lowest BCUT2D eigenvalue weighted by Gasteiger charge is -2.33. The summed E-state index contributed by atoms with van der Waals surface area (Å²) in [6.45, 7) is 3.46. The van der Waals surface area contributed by atoms with E-state index in [9.17, 15) is 14.7 Å². The summed E-state index contributed by atoms with van der Waals surface area (Å²) in [7, 11) is 0. The quantitative estimate of drug-likeness (QED) is 0.905. The number of nitrogens with zero attached hydrogens (tertiary/aromatic N) is 1. The van der Waals surface area contributed by atoms with Gasteiger partial charge in [0.15, 0.2) is 0 Å². The smallest absolute Gasteiger partial charge is 0.311 e. The standard InChI is InChI=1S/C18H22ClNO4/c1-12(8-13-4-2-3-5-15(13)19)16(21)20-9-14-10-24-7-6-18(14,11-20)17(22)23/h2-5,12,14H,6-11H2,1H3,(H,22,23)/t12?,14-,18+/m0/s1. The van der Waals surface area contributed by atoms with Crippen LogP contribution in [0.25, 0.3) is 0 Å². The first-order valence-corrected chi connectivity index (χ1v) is 8.65. The van der Waals surface area contributed by atoms with Crippen molar-refractivity contribution < 1.29 is 19.4 Å². The molecular weight excluding hydrogens is 330 g/mol. The van der Waals surface area contributed by atoms with Gasteiger partial charge in [-0.05, 0) is 24.5 Å². The maximum Gasteiger partial charge on any atom is 0.311 e. The van der Waals surface area contributed by atoms with E-state index in [-0.39, 0.29) is 24.3 Å². The number of likely N-dealkylation sites (tertiary alicyclic amines) is 1. The molecule has 1 amide bonds. The maximum absolute atomic E-state index is 12.8. The van der Waals surface area contributed by atoms with Crippen LogP contribution in [0.1, 0.15) is 18.9 Å². The van der Waals surface area contributed by atoms with E-state index >= 15 is 0 Å². The molecule has 2 saturated heterocycles. The molecule has 5 nitrogen and oxygen atoms in total. The van der Waals surface area contributed by atoms with Gasteiger partial charge in [0.25, 0.3) is 0 Å². The molecule has 2 aliphatic heterocycles. The first kappa shape index (κ1) is 17.2. The highest BCUT2D eigenvalue weighted by atomic mass is 35.5. The third kappa shape index (κ3) is 3.03. The van der Waals surface area contributed by atoms with Crippen LogP contribution in [-0.2, 0) is 20.7 Å². The lowest BCUT2D eigenvalue weighted by Crippen LogP contribution is -2.45. The van der Waals surface area contributed by atoms with Crippen LogP contribution < -0.4 is 0 Å². The zero-order valence-corrected chi connectivity index (χ0v) is 14.5. The average molecular weight is 352 g/mol. The number of carboxylic acid groups (broad SMARTS) is 1. The fourth-order valence-corrected chi connectivity index (χ4v) is 4.07. The van der Waals surface area contributed by atoms with Crippen molar-refractivity contribution in [1.29, 1.82) is 0 Å². The second kappa shape index (κ2) is 6.73. The van der Waals surface area contributed by atoms with Crippen molar-refractivity contribution in [2.24, 2.45) is 17.3 Å². The summed E-state index contributed by atoms with van der Waals surface area (Å²) < 4.78 is 5.44. The Morgan fingerprint density at radius 2 is 2.21 bits per heavy atom. The SMILES string of the molecule is CC(Cc1ccccc1Cl)C(=O)N1C[C@H]2COCC[C@@]2(C(=O)O)C1. The lowest BCUT2D eigenvalue weighted by molar-refractivity contribution is -0.157. The zero-order valence-electron chi connectivity index (χ0n) is 13.7. The zero-order chi connectivity index (χ0) is 17.3. The number of amides is 1. The molecule has 0 saturated carbocycles. The number of ether oxygens (including phenoxy) is 1. The number of fused-ring (bicyclic) bond motifs is 1. The van der Waals surface area contributed by atoms with Crippen molar-refractivity contribution in [2.45, 2.75) is 19.8 Å². The van der Waals surface area contributed by atoms with Crippen molar-refractivity contribution in [3.05, 3.63) is 34.9 Å². The fraction of sp³-hybridized carbons (Fsp3) is 0.556. The molecule has 1 aromatic carbocycles. The van der Waals surface area contributed by atoms with Gasteiger partial charge >= 0.3 is 5.97 Å². The number of carbonyl (C=O) groups is 2. The topological polar surface area (TPSA) is 66.8 Å². The highest BCUT2D eigenvalue weighted by Crippen LogP contribution is 2.43. The van der Waals surface area contributed by atoms with Gasteiger partial charge in [-0.15, -0.1) is 0 Å². The van der Waals surface area contributed by atoms with Crippen molar-refractivity contribution in [3.8, 4) is 0 Å². The molecule has 2 heterocycles. The summed E-state index contributed by atoms with van der Waals surface area (Å²) in [5.41, 5.74) is 0.0887. The molecule has 1 aromatic rings. The van der Waals surface area contributed by atoms with E-state index in [2.05, 4.69) is 0 Å². The number of carbonyl (C=O) groups excluding carboxylic acids is 1. The molecule has 6 heteroatoms. The van der Waals surface area contributed by atoms with E-state index in [0.717, 1.165) is 5.56 Å². The Labute approximate surface area is 146 Å². The molecule has 24 heavy (non-hydrogen) atoms. The number of rotatable bonds is 4. The van der Waals surface area contributed by atoms with Gasteiger partial charge in [0.05, 0.1) is 12.0 Å². The second-order valence-electron chi connectivity index (χ2n) is 6.90. The van der Waals surface area contributed by atoms with Crippen LogP contribution in [0, 0.1) is 17.3 Å². The Bertz CT molecular complexity index is 650. The molecule has 0 radical (unpaired) electrons. The third-order valence-electron chi connectivity index (χ3n) is 5.35. The van der Waals surface area contributed by atoms with Gasteiger partial charge in [0.2, 0.25) is 5.91 Å². The van der Waals surface area contributed by atoms with E-state index in [1.165, 1.54) is 0 Å². The summed E-state index contributed by atoms with van der Waals surface area (Å²) in [6, 6.07) is 7.50. The molecular formula is C18H22ClNO4. The van der Waals surface area contributed by atoms with Gasteiger partial charge in [-0.25, -0.2) is 0 Å². The first-order valence-electron chi connectivity index (χ1n) is 8.27. The largest absolute Gasteiger partial charge is 0.481 e. The van der Waals surface area contributed by atoms with Gasteiger partial charge in [0.1, 0.15) is 0 Å². The number of hydrogen-bond donors (Lipinski definition) is 1. The number of hydrogen-bond acceptors (Lipinski definition) is 3. The maximum atomic E-state index is 12.8. The van der Waals surface area contributed by atoms with Gasteiger partial charge in [-0.1, -0.05) is 36.7 Å². The van der Waals surface area contributed by atoms with Gasteiger partial charge in [-0.3, -0.25) is 9.59 Å². The molecule has 2 fully saturated rings. The van der Waals surface area contributed by atoms with Crippen LogP contribution in [0.4, 0.5) is 0 Å². The number of halogens is 1. The Kier molecular flexibility index (Phi) is 4.83. The third-order valence-corrected chi connectivity index (χ3v) is 5.72. The van der Waals surface area contributed by atoms with E-state index in [0.29, 0.717) is 37.6 Å². The van der Waals surface area contributed by atoms with Crippen LogP contribution in [0.3, 0.4) is 0 Å². The van der Waals surface area contributed by atoms with E-state index in [1.807, 2.05) is 31.2 Å². The summed E-state index contributed by atoms with van der Waals surface area (Å²) in [4.78, 5) is 26.3. The van der Waals surface area contributed by atoms with Crippen molar-refractivity contribution in [1.82, 2.24) is 4.90 Å². The highest BCUT2D eigenvalue weighted by molar-refractivity contribution is 6.31. The van der Waals surface area contributed by atoms with Gasteiger partial charge < -0.3 is 14.7 Å². The van der Waals surface area contributed by atoms with Crippen molar-refractivity contribution >= 4 is 23.5 Å². The summed E-state index contributed by atoms with van der Waals surface area (Å²) in [5.74, 6) is -1.19. The fourth-order valence-electron chi connectivity index (χ4n) is 3.86. The molecule has 1 N–H and O–H groups in total. The van der Waals surface area contributed by atoms with Crippen molar-refractivity contribution in [3.63, 3.8) is 0 Å². The van der Waals surface area contributed by atoms with Gasteiger partial charge in [-0.2, -0.15) is 0 Å². The minimum atomic E-state index is -0.849. The predicted molar refractivity (Wildman–Crippen MR) is 89.9 cm³/mol. The van der Waals surface area contributed by atoms with E-state index in [1.54, 1.807) is 4.90 Å².